The lowest BCUT2D eigenvalue weighted by molar-refractivity contribution is 0.451. The molecule has 0 bridgehead atoms. The van der Waals surface area contributed by atoms with Crippen molar-refractivity contribution in [2.45, 2.75) is 11.3 Å². The van der Waals surface area contributed by atoms with Crippen LogP contribution in [0.25, 0.3) is 0 Å². The average Bonchev–Trinajstić information content (AvgIpc) is 2.12. The van der Waals surface area contributed by atoms with Gasteiger partial charge in [0, 0.05) is 6.26 Å². The zero-order valence-electron chi connectivity index (χ0n) is 8.43. The summed E-state index contributed by atoms with van der Waals surface area (Å²) < 4.78 is 61.9. The minimum atomic E-state index is -4.14. The number of benzene rings is 1. The normalized spacial score (nSPS) is 11.8. The van der Waals surface area contributed by atoms with Crippen molar-refractivity contribution >= 4 is 9.84 Å². The molecule has 1 aromatic rings. The summed E-state index contributed by atoms with van der Waals surface area (Å²) in [6, 6.07) is 0.654. The van der Waals surface area contributed by atoms with E-state index in [0.29, 0.717) is 12.3 Å². The van der Waals surface area contributed by atoms with Crippen LogP contribution in [0.1, 0.15) is 5.56 Å². The lowest BCUT2D eigenvalue weighted by atomic mass is 10.1. The van der Waals surface area contributed by atoms with Gasteiger partial charge in [0.05, 0.1) is 0 Å². The smallest absolute Gasteiger partial charge is 0.181 e. The minimum absolute atomic E-state index is 0.00796. The molecule has 0 heterocycles. The van der Waals surface area contributed by atoms with Crippen LogP contribution >= 0.6 is 0 Å². The van der Waals surface area contributed by atoms with Gasteiger partial charge in [0.1, 0.15) is 10.7 Å². The maximum atomic E-state index is 13.3. The summed E-state index contributed by atoms with van der Waals surface area (Å²) in [5.41, 5.74) is 4.85. The fourth-order valence-electron chi connectivity index (χ4n) is 1.30. The van der Waals surface area contributed by atoms with Gasteiger partial charge in [0.15, 0.2) is 21.5 Å². The van der Waals surface area contributed by atoms with E-state index in [1.165, 1.54) is 0 Å². The maximum Gasteiger partial charge on any atom is 0.181 e. The van der Waals surface area contributed by atoms with Gasteiger partial charge in [0.2, 0.25) is 0 Å². The number of halogens is 3. The van der Waals surface area contributed by atoms with Crippen LogP contribution in [0.5, 0.6) is 0 Å². The summed E-state index contributed by atoms with van der Waals surface area (Å²) >= 11 is 0. The van der Waals surface area contributed by atoms with Gasteiger partial charge in [-0.25, -0.2) is 21.6 Å². The highest BCUT2D eigenvalue weighted by molar-refractivity contribution is 7.90. The largest absolute Gasteiger partial charge is 0.330 e. The SMILES string of the molecule is CS(=O)(=O)c1c(F)cc(CCN)c(F)c1F. The number of nitrogens with two attached hydrogens (primary N) is 1. The fraction of sp³-hybridized carbons (Fsp3) is 0.333. The van der Waals surface area contributed by atoms with Crippen LogP contribution in [0.2, 0.25) is 0 Å². The standard InChI is InChI=1S/C9H10F3NO2S/c1-16(14,15)9-6(10)4-5(2-3-13)7(11)8(9)12/h4H,2-3,13H2,1H3. The molecule has 0 amide bonds. The summed E-state index contributed by atoms with van der Waals surface area (Å²) in [5.74, 6) is -4.36. The van der Waals surface area contributed by atoms with Gasteiger partial charge in [-0.1, -0.05) is 0 Å². The first-order valence-corrected chi connectivity index (χ1v) is 6.24. The Hall–Kier alpha value is -1.08. The molecule has 0 radical (unpaired) electrons. The third kappa shape index (κ3) is 2.35. The molecule has 0 spiro atoms. The second-order valence-corrected chi connectivity index (χ2v) is 5.24. The van der Waals surface area contributed by atoms with Gasteiger partial charge in [0.25, 0.3) is 0 Å². The summed E-state index contributed by atoms with van der Waals surface area (Å²) in [6.07, 6.45) is 0.542. The van der Waals surface area contributed by atoms with Crippen molar-refractivity contribution in [1.82, 2.24) is 0 Å². The van der Waals surface area contributed by atoms with Crippen LogP contribution in [0.4, 0.5) is 13.2 Å². The zero-order valence-corrected chi connectivity index (χ0v) is 9.24. The highest BCUT2D eigenvalue weighted by atomic mass is 32.2. The summed E-state index contributed by atoms with van der Waals surface area (Å²) in [6.45, 7) is 0.00796. The topological polar surface area (TPSA) is 60.2 Å². The first kappa shape index (κ1) is 13.0. The first-order chi connectivity index (χ1) is 7.29. The Morgan fingerprint density at radius 3 is 2.25 bits per heavy atom. The minimum Gasteiger partial charge on any atom is -0.330 e. The molecule has 1 aromatic carbocycles. The number of hydrogen-bond donors (Lipinski definition) is 1. The molecule has 0 unspecified atom stereocenters. The van der Waals surface area contributed by atoms with Gasteiger partial charge in [-0.15, -0.1) is 0 Å². The summed E-state index contributed by atoms with van der Waals surface area (Å²) in [4.78, 5) is -1.24. The highest BCUT2D eigenvalue weighted by Crippen LogP contribution is 2.24. The Kier molecular flexibility index (Phi) is 3.59. The Balaban J connectivity index is 3.53. The van der Waals surface area contributed by atoms with E-state index in [2.05, 4.69) is 0 Å². The molecule has 0 aromatic heterocycles. The molecule has 2 N–H and O–H groups in total. The van der Waals surface area contributed by atoms with Crippen LogP contribution in [-0.2, 0) is 16.3 Å². The number of sulfone groups is 1. The predicted octanol–water partition coefficient (Wildman–Crippen LogP) is 1.01. The van der Waals surface area contributed by atoms with Crippen LogP contribution in [-0.4, -0.2) is 21.2 Å². The quantitative estimate of drug-likeness (QED) is 0.818. The predicted molar refractivity (Wildman–Crippen MR) is 52.2 cm³/mol. The van der Waals surface area contributed by atoms with E-state index in [1.807, 2.05) is 0 Å². The van der Waals surface area contributed by atoms with E-state index in [9.17, 15) is 21.6 Å². The van der Waals surface area contributed by atoms with E-state index in [0.717, 1.165) is 0 Å². The molecule has 3 nitrogen and oxygen atoms in total. The van der Waals surface area contributed by atoms with E-state index >= 15 is 0 Å². The highest BCUT2D eigenvalue weighted by Gasteiger charge is 2.25. The Morgan fingerprint density at radius 1 is 1.25 bits per heavy atom. The fourth-order valence-corrected chi connectivity index (χ4v) is 2.13. The maximum absolute atomic E-state index is 13.3. The van der Waals surface area contributed by atoms with Crippen molar-refractivity contribution < 1.29 is 21.6 Å². The van der Waals surface area contributed by atoms with Gasteiger partial charge < -0.3 is 5.73 Å². The second-order valence-electron chi connectivity index (χ2n) is 3.29. The molecule has 0 aliphatic rings. The monoisotopic (exact) mass is 253 g/mol. The molecule has 0 aliphatic carbocycles. The summed E-state index contributed by atoms with van der Waals surface area (Å²) in [5, 5.41) is 0. The third-order valence-electron chi connectivity index (χ3n) is 1.98. The molecule has 1 rings (SSSR count). The van der Waals surface area contributed by atoms with Crippen molar-refractivity contribution in [3.63, 3.8) is 0 Å². The first-order valence-electron chi connectivity index (χ1n) is 4.35. The molecule has 90 valence electrons. The van der Waals surface area contributed by atoms with Crippen molar-refractivity contribution in [3.05, 3.63) is 29.1 Å². The van der Waals surface area contributed by atoms with Gasteiger partial charge in [-0.2, -0.15) is 0 Å². The average molecular weight is 253 g/mol. The van der Waals surface area contributed by atoms with E-state index in [1.54, 1.807) is 0 Å². The van der Waals surface area contributed by atoms with Crippen LogP contribution in [0.15, 0.2) is 11.0 Å². The molecule has 0 aliphatic heterocycles. The van der Waals surface area contributed by atoms with Crippen molar-refractivity contribution in [2.75, 3.05) is 12.8 Å². The number of hydrogen-bond acceptors (Lipinski definition) is 3. The van der Waals surface area contributed by atoms with Crippen molar-refractivity contribution in [1.29, 1.82) is 0 Å². The molecular formula is C9H10F3NO2S. The second kappa shape index (κ2) is 4.42. The van der Waals surface area contributed by atoms with Crippen LogP contribution in [0.3, 0.4) is 0 Å². The van der Waals surface area contributed by atoms with E-state index in [-0.39, 0.29) is 18.5 Å². The molecule has 0 atom stereocenters. The molecule has 0 fully saturated rings. The number of rotatable bonds is 3. The van der Waals surface area contributed by atoms with E-state index in [4.69, 9.17) is 5.73 Å². The molecule has 0 saturated heterocycles. The Labute approximate surface area is 91.0 Å². The molecule has 7 heteroatoms. The lowest BCUT2D eigenvalue weighted by Gasteiger charge is -2.07. The lowest BCUT2D eigenvalue weighted by Crippen LogP contribution is -2.11. The molecular weight excluding hydrogens is 243 g/mol. The van der Waals surface area contributed by atoms with Gasteiger partial charge in [-0.3, -0.25) is 0 Å². The van der Waals surface area contributed by atoms with Crippen LogP contribution < -0.4 is 5.73 Å². The summed E-state index contributed by atoms with van der Waals surface area (Å²) in [7, 11) is -4.14. The molecule has 16 heavy (non-hydrogen) atoms. The molecule has 0 saturated carbocycles. The van der Waals surface area contributed by atoms with Gasteiger partial charge in [-0.05, 0) is 24.6 Å². The van der Waals surface area contributed by atoms with Crippen LogP contribution in [0, 0.1) is 17.5 Å². The van der Waals surface area contributed by atoms with Crippen molar-refractivity contribution in [3.8, 4) is 0 Å². The Bertz CT molecular complexity index is 514. The van der Waals surface area contributed by atoms with Gasteiger partial charge >= 0.3 is 0 Å². The van der Waals surface area contributed by atoms with Crippen molar-refractivity contribution in [2.24, 2.45) is 5.73 Å². The zero-order chi connectivity index (χ0) is 12.5. The van der Waals surface area contributed by atoms with E-state index < -0.39 is 32.2 Å². The third-order valence-corrected chi connectivity index (χ3v) is 3.09. The Morgan fingerprint density at radius 2 is 1.81 bits per heavy atom.